The third-order valence-corrected chi connectivity index (χ3v) is 9.74. The Kier molecular flexibility index (Phi) is 3.16. The molecule has 3 aliphatic heterocycles. The van der Waals surface area contributed by atoms with Crippen molar-refractivity contribution in [1.82, 2.24) is 10.6 Å². The number of ether oxygens (including phenoxy) is 3. The second-order valence-electron chi connectivity index (χ2n) is 10.1. The molecule has 5 nitrogen and oxygen atoms in total. The van der Waals surface area contributed by atoms with Gasteiger partial charge >= 0.3 is 0 Å². The van der Waals surface area contributed by atoms with E-state index in [0.717, 1.165) is 86.7 Å². The Morgan fingerprint density at radius 3 is 1.69 bits per heavy atom. The van der Waals surface area contributed by atoms with Gasteiger partial charge in [-0.2, -0.15) is 0 Å². The van der Waals surface area contributed by atoms with Gasteiger partial charge in [0.15, 0.2) is 0 Å². The lowest BCUT2D eigenvalue weighted by Gasteiger charge is -2.48. The third-order valence-electron chi connectivity index (χ3n) is 9.74. The van der Waals surface area contributed by atoms with Gasteiger partial charge in [0, 0.05) is 13.1 Å². The van der Waals surface area contributed by atoms with E-state index in [0.29, 0.717) is 13.2 Å². The largest absolute Gasteiger partial charge is 0.378 e. The molecule has 0 amide bonds. The number of nitrogens with one attached hydrogen (secondary N) is 2. The van der Waals surface area contributed by atoms with Crippen molar-refractivity contribution in [3.63, 3.8) is 0 Å². The Hall–Kier alpha value is -0.200. The molecule has 0 unspecified atom stereocenters. The SMILES string of the molecule is C1COCCOCCNCC[C@]23O[C@@]4(CCN1)[C@@H]1[C@H]5C[C@H]([C@H]6[C@@H]5[C@@H]4[C@H]62)[C@@H]13. The summed E-state index contributed by atoms with van der Waals surface area (Å²) < 4.78 is 18.6. The van der Waals surface area contributed by atoms with Gasteiger partial charge < -0.3 is 24.8 Å². The first-order valence-electron chi connectivity index (χ1n) is 11.2. The molecule has 5 saturated carbocycles. The minimum atomic E-state index is 0.247. The van der Waals surface area contributed by atoms with E-state index in [1.165, 1.54) is 12.8 Å². The normalized spacial score (nSPS) is 62.8. The molecule has 10 atom stereocenters. The lowest BCUT2D eigenvalue weighted by molar-refractivity contribution is -0.0788. The van der Waals surface area contributed by atoms with Gasteiger partial charge in [0.25, 0.3) is 0 Å². The maximum absolute atomic E-state index is 7.23. The molecule has 144 valence electrons. The van der Waals surface area contributed by atoms with Crippen LogP contribution in [0.1, 0.15) is 19.3 Å². The molecule has 8 aliphatic rings. The molecule has 0 aromatic rings. The molecule has 2 spiro atoms. The Bertz CT molecular complexity index is 562. The monoisotopic (exact) mass is 360 g/mol. The van der Waals surface area contributed by atoms with Crippen LogP contribution in [0.15, 0.2) is 0 Å². The highest BCUT2D eigenvalue weighted by Gasteiger charge is 2.96. The van der Waals surface area contributed by atoms with Crippen LogP contribution in [0.5, 0.6) is 0 Å². The zero-order valence-electron chi connectivity index (χ0n) is 15.6. The van der Waals surface area contributed by atoms with E-state index in [4.69, 9.17) is 14.2 Å². The molecule has 0 aromatic heterocycles. The summed E-state index contributed by atoms with van der Waals surface area (Å²) in [6, 6.07) is 0. The molecular weight excluding hydrogens is 328 g/mol. The minimum absolute atomic E-state index is 0.247. The summed E-state index contributed by atoms with van der Waals surface area (Å²) in [7, 11) is 0. The summed E-state index contributed by atoms with van der Waals surface area (Å²) in [5.41, 5.74) is 0.495. The van der Waals surface area contributed by atoms with Crippen molar-refractivity contribution in [1.29, 1.82) is 0 Å². The van der Waals surface area contributed by atoms with Crippen LogP contribution in [0.4, 0.5) is 0 Å². The Balaban J connectivity index is 1.15. The van der Waals surface area contributed by atoms with Crippen LogP contribution in [-0.2, 0) is 14.2 Å². The lowest BCUT2D eigenvalue weighted by atomic mass is 9.54. The molecule has 5 aliphatic carbocycles. The molecule has 3 heterocycles. The highest BCUT2D eigenvalue weighted by Crippen LogP contribution is 2.93. The standard InChI is InChI=1S/C21H32N2O3/c1-3-22-5-7-24-9-10-25-8-6-23-4-2-21-17-13-11-12-14-15(13)19(21)18(14)20(1,26-21)16(12)17/h12-19,22-23H,1-11H2/t12-,13+,14+,15-,16+,17-,18+,19-,20-,21+. The van der Waals surface area contributed by atoms with Crippen molar-refractivity contribution in [2.45, 2.75) is 30.5 Å². The molecular formula is C21H32N2O3. The van der Waals surface area contributed by atoms with E-state index in [1.807, 2.05) is 0 Å². The smallest absolute Gasteiger partial charge is 0.0771 e. The molecule has 3 saturated heterocycles. The van der Waals surface area contributed by atoms with Gasteiger partial charge in [0.1, 0.15) is 0 Å². The van der Waals surface area contributed by atoms with Crippen LogP contribution in [-0.4, -0.2) is 63.8 Å². The van der Waals surface area contributed by atoms with Crippen LogP contribution in [0.3, 0.4) is 0 Å². The molecule has 26 heavy (non-hydrogen) atoms. The highest BCUT2D eigenvalue weighted by atomic mass is 16.5. The zero-order valence-corrected chi connectivity index (χ0v) is 15.6. The fourth-order valence-corrected chi connectivity index (χ4v) is 9.71. The van der Waals surface area contributed by atoms with Gasteiger partial charge in [-0.3, -0.25) is 0 Å². The lowest BCUT2D eigenvalue weighted by Crippen LogP contribution is -2.52. The molecule has 2 N–H and O–H groups in total. The zero-order chi connectivity index (χ0) is 16.9. The molecule has 8 rings (SSSR count). The van der Waals surface area contributed by atoms with Gasteiger partial charge in [-0.15, -0.1) is 0 Å². The van der Waals surface area contributed by atoms with Crippen LogP contribution in [0.25, 0.3) is 0 Å². The fraction of sp³-hybridized carbons (Fsp3) is 1.00. The number of hydrogen-bond acceptors (Lipinski definition) is 5. The van der Waals surface area contributed by atoms with Crippen LogP contribution in [0.2, 0.25) is 0 Å². The van der Waals surface area contributed by atoms with E-state index in [-0.39, 0.29) is 11.2 Å². The van der Waals surface area contributed by atoms with Crippen molar-refractivity contribution in [3.05, 3.63) is 0 Å². The second-order valence-corrected chi connectivity index (χ2v) is 10.1. The van der Waals surface area contributed by atoms with Crippen LogP contribution >= 0.6 is 0 Å². The van der Waals surface area contributed by atoms with Crippen molar-refractivity contribution in [2.75, 3.05) is 52.6 Å². The molecule has 4 bridgehead atoms. The predicted octanol–water partition coefficient (Wildman–Crippen LogP) is 0.888. The quantitative estimate of drug-likeness (QED) is 0.672. The Morgan fingerprint density at radius 1 is 0.615 bits per heavy atom. The van der Waals surface area contributed by atoms with Gasteiger partial charge in [-0.25, -0.2) is 0 Å². The highest BCUT2D eigenvalue weighted by molar-refractivity contribution is 5.43. The first-order chi connectivity index (χ1) is 12.9. The summed E-state index contributed by atoms with van der Waals surface area (Å²) >= 11 is 0. The first kappa shape index (κ1) is 15.7. The van der Waals surface area contributed by atoms with E-state index in [9.17, 15) is 0 Å². The van der Waals surface area contributed by atoms with E-state index >= 15 is 0 Å². The molecule has 0 radical (unpaired) electrons. The maximum atomic E-state index is 7.23. The molecule has 8 fully saturated rings. The van der Waals surface area contributed by atoms with Gasteiger partial charge in [0.2, 0.25) is 0 Å². The second kappa shape index (κ2) is 5.24. The summed E-state index contributed by atoms with van der Waals surface area (Å²) in [5, 5.41) is 7.27. The fourth-order valence-electron chi connectivity index (χ4n) is 9.71. The van der Waals surface area contributed by atoms with Gasteiger partial charge in [-0.05, 0) is 79.7 Å². The Morgan fingerprint density at radius 2 is 1.15 bits per heavy atom. The predicted molar refractivity (Wildman–Crippen MR) is 95.7 cm³/mol. The summed E-state index contributed by atoms with van der Waals surface area (Å²) in [6.45, 7) is 7.06. The third kappa shape index (κ3) is 1.57. The van der Waals surface area contributed by atoms with Crippen LogP contribution < -0.4 is 10.6 Å². The van der Waals surface area contributed by atoms with Crippen molar-refractivity contribution < 1.29 is 14.2 Å². The van der Waals surface area contributed by atoms with Crippen molar-refractivity contribution in [3.8, 4) is 0 Å². The van der Waals surface area contributed by atoms with Gasteiger partial charge in [0.05, 0.1) is 37.6 Å². The maximum Gasteiger partial charge on any atom is 0.0771 e. The first-order valence-corrected chi connectivity index (χ1v) is 11.2. The van der Waals surface area contributed by atoms with E-state index < -0.39 is 0 Å². The van der Waals surface area contributed by atoms with Crippen molar-refractivity contribution in [2.24, 2.45) is 47.3 Å². The Labute approximate surface area is 155 Å². The minimum Gasteiger partial charge on any atom is -0.378 e. The van der Waals surface area contributed by atoms with E-state index in [2.05, 4.69) is 10.6 Å². The summed E-state index contributed by atoms with van der Waals surface area (Å²) in [4.78, 5) is 0. The number of rotatable bonds is 0. The number of hydrogen-bond donors (Lipinski definition) is 2. The van der Waals surface area contributed by atoms with Crippen molar-refractivity contribution >= 4 is 0 Å². The van der Waals surface area contributed by atoms with E-state index in [1.54, 1.807) is 6.42 Å². The summed E-state index contributed by atoms with van der Waals surface area (Å²) in [6.07, 6.45) is 4.02. The average Bonchev–Trinajstić information content (AvgIpc) is 3.27. The summed E-state index contributed by atoms with van der Waals surface area (Å²) in [5.74, 6) is 7.76. The topological polar surface area (TPSA) is 51.8 Å². The molecule has 5 heteroatoms. The van der Waals surface area contributed by atoms with Crippen LogP contribution in [0, 0.1) is 47.3 Å². The molecule has 0 aromatic carbocycles. The van der Waals surface area contributed by atoms with Gasteiger partial charge in [-0.1, -0.05) is 0 Å². The average molecular weight is 360 g/mol.